The Morgan fingerprint density at radius 3 is 2.57 bits per heavy atom. The number of halogens is 1. The molecule has 4 aromatic rings. The molecule has 3 heterocycles. The topological polar surface area (TPSA) is 93.8 Å². The largest absolute Gasteiger partial charge is 0.435 e. The van der Waals surface area contributed by atoms with Gasteiger partial charge < -0.3 is 9.73 Å². The number of benzene rings is 1. The van der Waals surface area contributed by atoms with Crippen molar-refractivity contribution in [2.45, 2.75) is 6.92 Å². The molecule has 0 fully saturated rings. The van der Waals surface area contributed by atoms with Gasteiger partial charge in [0.1, 0.15) is 17.2 Å². The summed E-state index contributed by atoms with van der Waals surface area (Å²) in [6.07, 6.45) is 3.21. The molecule has 0 saturated heterocycles. The van der Waals surface area contributed by atoms with Crippen LogP contribution in [0.2, 0.25) is 5.02 Å². The number of amides is 1. The van der Waals surface area contributed by atoms with Crippen LogP contribution in [0, 0.1) is 6.92 Å². The van der Waals surface area contributed by atoms with Gasteiger partial charge in [-0.2, -0.15) is 0 Å². The summed E-state index contributed by atoms with van der Waals surface area (Å²) in [7, 11) is 0. The van der Waals surface area contributed by atoms with Crippen LogP contribution >= 0.6 is 11.6 Å². The molecule has 4 rings (SSSR count). The summed E-state index contributed by atoms with van der Waals surface area (Å²) in [6, 6.07) is 14.0. The Bertz CT molecular complexity index is 1130. The van der Waals surface area contributed by atoms with Crippen LogP contribution in [0.4, 0.5) is 5.82 Å². The van der Waals surface area contributed by atoms with Crippen LogP contribution < -0.4 is 5.32 Å². The van der Waals surface area contributed by atoms with Gasteiger partial charge in [0.15, 0.2) is 11.7 Å². The first-order valence-electron chi connectivity index (χ1n) is 8.39. The van der Waals surface area contributed by atoms with Crippen molar-refractivity contribution in [2.24, 2.45) is 0 Å². The van der Waals surface area contributed by atoms with E-state index in [4.69, 9.17) is 16.0 Å². The number of hydrogen-bond acceptors (Lipinski definition) is 6. The van der Waals surface area contributed by atoms with Crippen LogP contribution in [-0.4, -0.2) is 25.8 Å². The summed E-state index contributed by atoms with van der Waals surface area (Å²) < 4.78 is 5.54. The average Bonchev–Trinajstić information content (AvgIpc) is 3.11. The molecule has 1 aromatic carbocycles. The quantitative estimate of drug-likeness (QED) is 0.553. The molecule has 3 aromatic heterocycles. The molecule has 1 amide bonds. The fourth-order valence-electron chi connectivity index (χ4n) is 2.60. The first-order chi connectivity index (χ1) is 13.6. The minimum Gasteiger partial charge on any atom is -0.435 e. The fraction of sp³-hybridized carbons (Fsp3) is 0.0500. The van der Waals surface area contributed by atoms with Gasteiger partial charge in [0.25, 0.3) is 5.91 Å². The lowest BCUT2D eigenvalue weighted by Gasteiger charge is -2.05. The third-order valence-electron chi connectivity index (χ3n) is 3.85. The number of aryl methyl sites for hydroxylation is 1. The van der Waals surface area contributed by atoms with E-state index in [0.717, 1.165) is 5.56 Å². The van der Waals surface area contributed by atoms with Crippen molar-refractivity contribution in [1.82, 2.24) is 19.9 Å². The molecular formula is C20H14ClN5O2. The Kier molecular flexibility index (Phi) is 4.82. The summed E-state index contributed by atoms with van der Waals surface area (Å²) in [6.45, 7) is 1.68. The van der Waals surface area contributed by atoms with Crippen molar-refractivity contribution in [2.75, 3.05) is 5.32 Å². The van der Waals surface area contributed by atoms with E-state index in [9.17, 15) is 4.79 Å². The van der Waals surface area contributed by atoms with Crippen LogP contribution in [0.25, 0.3) is 22.8 Å². The van der Waals surface area contributed by atoms with Gasteiger partial charge in [0, 0.05) is 29.9 Å². The minimum absolute atomic E-state index is 0.0952. The van der Waals surface area contributed by atoms with E-state index in [2.05, 4.69) is 25.3 Å². The number of pyridine rings is 1. The molecule has 0 radical (unpaired) electrons. The maximum Gasteiger partial charge on any atom is 0.294 e. The molecule has 1 N–H and O–H groups in total. The van der Waals surface area contributed by atoms with E-state index in [1.54, 1.807) is 61.8 Å². The third-order valence-corrected chi connectivity index (χ3v) is 4.10. The molecule has 0 atom stereocenters. The predicted octanol–water partition coefficient (Wildman–Crippen LogP) is 4.41. The molecule has 0 bridgehead atoms. The van der Waals surface area contributed by atoms with E-state index in [-0.39, 0.29) is 5.76 Å². The van der Waals surface area contributed by atoms with Crippen molar-refractivity contribution in [3.05, 3.63) is 77.6 Å². The van der Waals surface area contributed by atoms with Gasteiger partial charge in [0.2, 0.25) is 5.76 Å². The highest BCUT2D eigenvalue weighted by Crippen LogP contribution is 2.26. The van der Waals surface area contributed by atoms with E-state index >= 15 is 0 Å². The van der Waals surface area contributed by atoms with Crippen LogP contribution in [-0.2, 0) is 0 Å². The van der Waals surface area contributed by atoms with Crippen molar-refractivity contribution in [3.63, 3.8) is 0 Å². The SMILES string of the molecule is Cc1nc(-c2ccc(Cl)cc2)c(C(=O)Nc2ccnc(-c3ccccn3)n2)o1. The maximum absolute atomic E-state index is 12.8. The molecule has 0 unspecified atom stereocenters. The van der Waals surface area contributed by atoms with Crippen LogP contribution in [0.1, 0.15) is 16.4 Å². The van der Waals surface area contributed by atoms with E-state index in [1.807, 2.05) is 6.07 Å². The lowest BCUT2D eigenvalue weighted by atomic mass is 10.1. The fourth-order valence-corrected chi connectivity index (χ4v) is 2.73. The zero-order chi connectivity index (χ0) is 19.5. The highest BCUT2D eigenvalue weighted by Gasteiger charge is 2.21. The third kappa shape index (κ3) is 3.74. The molecule has 0 saturated carbocycles. The summed E-state index contributed by atoms with van der Waals surface area (Å²) in [5.74, 6) is 0.753. The number of carbonyl (C=O) groups excluding carboxylic acids is 1. The van der Waals surface area contributed by atoms with E-state index in [0.29, 0.717) is 33.9 Å². The molecule has 28 heavy (non-hydrogen) atoms. The van der Waals surface area contributed by atoms with Crippen LogP contribution in [0.3, 0.4) is 0 Å². The second-order valence-corrected chi connectivity index (χ2v) is 6.29. The van der Waals surface area contributed by atoms with Crippen molar-refractivity contribution >= 4 is 23.3 Å². The lowest BCUT2D eigenvalue weighted by molar-refractivity contribution is 0.0996. The van der Waals surface area contributed by atoms with Gasteiger partial charge in [-0.1, -0.05) is 29.8 Å². The Balaban J connectivity index is 1.62. The highest BCUT2D eigenvalue weighted by atomic mass is 35.5. The Labute approximate surface area is 165 Å². The zero-order valence-corrected chi connectivity index (χ0v) is 15.5. The van der Waals surface area contributed by atoms with Gasteiger partial charge in [-0.3, -0.25) is 9.78 Å². The lowest BCUT2D eigenvalue weighted by Crippen LogP contribution is -2.13. The monoisotopic (exact) mass is 391 g/mol. The first kappa shape index (κ1) is 17.8. The van der Waals surface area contributed by atoms with Crippen LogP contribution in [0.5, 0.6) is 0 Å². The first-order valence-corrected chi connectivity index (χ1v) is 8.77. The molecular weight excluding hydrogens is 378 g/mol. The average molecular weight is 392 g/mol. The normalized spacial score (nSPS) is 10.6. The molecule has 0 aliphatic rings. The van der Waals surface area contributed by atoms with Crippen molar-refractivity contribution in [3.8, 4) is 22.8 Å². The molecule has 0 spiro atoms. The Morgan fingerprint density at radius 1 is 1.00 bits per heavy atom. The van der Waals surface area contributed by atoms with E-state index in [1.165, 1.54) is 0 Å². The predicted molar refractivity (Wildman–Crippen MR) is 105 cm³/mol. The second-order valence-electron chi connectivity index (χ2n) is 5.85. The van der Waals surface area contributed by atoms with Crippen molar-refractivity contribution < 1.29 is 9.21 Å². The number of anilines is 1. The number of nitrogens with zero attached hydrogens (tertiary/aromatic N) is 4. The van der Waals surface area contributed by atoms with Gasteiger partial charge in [-0.25, -0.2) is 15.0 Å². The number of carbonyl (C=O) groups is 1. The molecule has 0 aliphatic heterocycles. The smallest absolute Gasteiger partial charge is 0.294 e. The number of nitrogens with one attached hydrogen (secondary N) is 1. The number of oxazole rings is 1. The highest BCUT2D eigenvalue weighted by molar-refractivity contribution is 6.30. The number of hydrogen-bond donors (Lipinski definition) is 1. The van der Waals surface area contributed by atoms with E-state index < -0.39 is 5.91 Å². The Hall–Kier alpha value is -3.58. The summed E-state index contributed by atoms with van der Waals surface area (Å²) in [4.78, 5) is 29.9. The van der Waals surface area contributed by atoms with Gasteiger partial charge in [-0.05, 0) is 30.3 Å². The number of aromatic nitrogens is 4. The zero-order valence-electron chi connectivity index (χ0n) is 14.8. The van der Waals surface area contributed by atoms with Gasteiger partial charge >= 0.3 is 0 Å². The minimum atomic E-state index is -0.462. The summed E-state index contributed by atoms with van der Waals surface area (Å²) in [5, 5.41) is 3.32. The van der Waals surface area contributed by atoms with Crippen LogP contribution in [0.15, 0.2) is 65.3 Å². The summed E-state index contributed by atoms with van der Waals surface area (Å²) >= 11 is 5.94. The van der Waals surface area contributed by atoms with Gasteiger partial charge in [0.05, 0.1) is 0 Å². The molecule has 138 valence electrons. The summed E-state index contributed by atoms with van der Waals surface area (Å²) in [5.41, 5.74) is 1.77. The second kappa shape index (κ2) is 7.58. The number of rotatable bonds is 4. The molecule has 7 nitrogen and oxygen atoms in total. The Morgan fingerprint density at radius 2 is 1.82 bits per heavy atom. The maximum atomic E-state index is 12.8. The molecule has 8 heteroatoms. The molecule has 0 aliphatic carbocycles. The van der Waals surface area contributed by atoms with Crippen molar-refractivity contribution in [1.29, 1.82) is 0 Å². The van der Waals surface area contributed by atoms with Gasteiger partial charge in [-0.15, -0.1) is 0 Å². The standard InChI is InChI=1S/C20H14ClN5O2/c1-12-24-17(13-5-7-14(21)8-6-13)18(28-12)20(27)26-16-9-11-23-19(25-16)15-4-2-3-10-22-15/h2-11H,1H3,(H,23,25,26,27).